The number of anilines is 1. The molecule has 0 aliphatic carbocycles. The van der Waals surface area contributed by atoms with Crippen molar-refractivity contribution in [3.8, 4) is 11.5 Å². The Bertz CT molecular complexity index is 1500. The molecule has 0 saturated heterocycles. The highest BCUT2D eigenvalue weighted by atomic mass is 32.2. The van der Waals surface area contributed by atoms with Crippen LogP contribution in [0.5, 0.6) is 11.5 Å². The van der Waals surface area contributed by atoms with Crippen LogP contribution in [-0.4, -0.2) is 58.0 Å². The summed E-state index contributed by atoms with van der Waals surface area (Å²) in [5.41, 5.74) is 0.146. The van der Waals surface area contributed by atoms with E-state index in [0.29, 0.717) is 6.42 Å². The molecule has 0 aliphatic heterocycles. The molecule has 0 saturated carbocycles. The van der Waals surface area contributed by atoms with Gasteiger partial charge in [0.1, 0.15) is 24.2 Å². The van der Waals surface area contributed by atoms with E-state index in [4.69, 9.17) is 9.47 Å². The number of hydrogen-bond donors (Lipinski definition) is 1. The number of nitrogens with zero attached hydrogens (tertiary/aromatic N) is 2. The van der Waals surface area contributed by atoms with Crippen molar-refractivity contribution in [3.05, 3.63) is 83.9 Å². The van der Waals surface area contributed by atoms with E-state index in [-0.39, 0.29) is 40.2 Å². The number of amides is 2. The molecule has 1 N–H and O–H groups in total. The molecule has 0 spiro atoms. The van der Waals surface area contributed by atoms with E-state index in [1.165, 1.54) is 69.7 Å². The number of carbonyl (C=O) groups excluding carboxylic acids is 2. The van der Waals surface area contributed by atoms with Crippen molar-refractivity contribution in [1.82, 2.24) is 10.2 Å². The summed E-state index contributed by atoms with van der Waals surface area (Å²) in [4.78, 5) is 27.9. The zero-order chi connectivity index (χ0) is 31.0. The maximum atomic E-state index is 14.6. The molecule has 0 heterocycles. The Morgan fingerprint density at radius 1 is 0.929 bits per heavy atom. The van der Waals surface area contributed by atoms with Crippen molar-refractivity contribution in [2.75, 3.05) is 25.1 Å². The van der Waals surface area contributed by atoms with Crippen LogP contribution in [0.1, 0.15) is 32.8 Å². The monoisotopic (exact) mass is 603 g/mol. The van der Waals surface area contributed by atoms with Gasteiger partial charge >= 0.3 is 0 Å². The zero-order valence-electron chi connectivity index (χ0n) is 24.1. The van der Waals surface area contributed by atoms with Crippen molar-refractivity contribution in [2.45, 2.75) is 50.7 Å². The van der Waals surface area contributed by atoms with Gasteiger partial charge in [-0.15, -0.1) is 0 Å². The lowest BCUT2D eigenvalue weighted by Gasteiger charge is -2.32. The van der Waals surface area contributed by atoms with Crippen molar-refractivity contribution < 1.29 is 36.3 Å². The third-order valence-corrected chi connectivity index (χ3v) is 8.57. The summed E-state index contributed by atoms with van der Waals surface area (Å²) in [5, 5.41) is 2.81. The highest BCUT2D eigenvalue weighted by Crippen LogP contribution is 2.32. The molecule has 226 valence electrons. The fraction of sp³-hybridized carbons (Fsp3) is 0.333. The van der Waals surface area contributed by atoms with E-state index in [0.717, 1.165) is 21.3 Å². The van der Waals surface area contributed by atoms with Crippen molar-refractivity contribution in [3.63, 3.8) is 0 Å². The fourth-order valence-electron chi connectivity index (χ4n) is 4.10. The van der Waals surface area contributed by atoms with Crippen LogP contribution in [0.4, 0.5) is 14.5 Å². The summed E-state index contributed by atoms with van der Waals surface area (Å²) in [7, 11) is -1.70. The maximum Gasteiger partial charge on any atom is 0.264 e. The van der Waals surface area contributed by atoms with E-state index in [2.05, 4.69) is 5.32 Å². The standard InChI is InChI=1S/C30H35F2N3O6S/c1-6-20(2)33-30(37)21(3)34(18-22-9-7-8-10-26(22)32)29(36)19-35(24-13-11-23(31)12-14-24)42(38,39)25-15-16-27(40-4)28(17-25)41-5/h7-17,20-21H,6,18-19H2,1-5H3,(H,33,37)/t20-,21-/m0/s1. The summed E-state index contributed by atoms with van der Waals surface area (Å²) >= 11 is 0. The van der Waals surface area contributed by atoms with Crippen molar-refractivity contribution >= 4 is 27.5 Å². The van der Waals surface area contributed by atoms with Gasteiger partial charge in [0.25, 0.3) is 10.0 Å². The molecule has 0 radical (unpaired) electrons. The van der Waals surface area contributed by atoms with Gasteiger partial charge in [0.05, 0.1) is 24.8 Å². The zero-order valence-corrected chi connectivity index (χ0v) is 25.0. The number of rotatable bonds is 13. The lowest BCUT2D eigenvalue weighted by atomic mass is 10.1. The normalized spacial score (nSPS) is 12.6. The van der Waals surface area contributed by atoms with Gasteiger partial charge in [-0.05, 0) is 62.7 Å². The summed E-state index contributed by atoms with van der Waals surface area (Å²) in [6, 6.07) is 13.0. The highest BCUT2D eigenvalue weighted by molar-refractivity contribution is 7.92. The molecule has 0 unspecified atom stereocenters. The first-order chi connectivity index (χ1) is 19.9. The summed E-state index contributed by atoms with van der Waals surface area (Å²) in [5.74, 6) is -2.02. The molecule has 9 nitrogen and oxygen atoms in total. The van der Waals surface area contributed by atoms with Gasteiger partial charge in [-0.3, -0.25) is 13.9 Å². The van der Waals surface area contributed by atoms with Gasteiger partial charge < -0.3 is 19.7 Å². The average molecular weight is 604 g/mol. The molecule has 2 atom stereocenters. The van der Waals surface area contributed by atoms with Crippen molar-refractivity contribution in [1.29, 1.82) is 0 Å². The van der Waals surface area contributed by atoms with Crippen LogP contribution in [0.15, 0.2) is 71.6 Å². The third-order valence-electron chi connectivity index (χ3n) is 6.80. The first-order valence-corrected chi connectivity index (χ1v) is 14.7. The average Bonchev–Trinajstić information content (AvgIpc) is 2.98. The number of halogens is 2. The molecule has 3 rings (SSSR count). The first-order valence-electron chi connectivity index (χ1n) is 13.3. The third kappa shape index (κ3) is 7.55. The van der Waals surface area contributed by atoms with E-state index in [9.17, 15) is 26.8 Å². The minimum Gasteiger partial charge on any atom is -0.493 e. The van der Waals surface area contributed by atoms with Gasteiger partial charge in [0, 0.05) is 24.2 Å². The van der Waals surface area contributed by atoms with Crippen LogP contribution in [0, 0.1) is 11.6 Å². The largest absolute Gasteiger partial charge is 0.493 e. The Kier molecular flexibility index (Phi) is 10.9. The fourth-order valence-corrected chi connectivity index (χ4v) is 5.53. The van der Waals surface area contributed by atoms with E-state index in [1.807, 2.05) is 6.92 Å². The molecular formula is C30H35F2N3O6S. The van der Waals surface area contributed by atoms with Gasteiger partial charge in [0.2, 0.25) is 11.8 Å². The number of methoxy groups -OCH3 is 2. The Morgan fingerprint density at radius 3 is 2.17 bits per heavy atom. The molecule has 0 fully saturated rings. The number of sulfonamides is 1. The number of carbonyl (C=O) groups is 2. The van der Waals surface area contributed by atoms with Gasteiger partial charge in [-0.2, -0.15) is 0 Å². The number of benzene rings is 3. The summed E-state index contributed by atoms with van der Waals surface area (Å²) in [6.45, 7) is 4.12. The van der Waals surface area contributed by atoms with Crippen LogP contribution < -0.4 is 19.1 Å². The Morgan fingerprint density at radius 2 is 1.57 bits per heavy atom. The van der Waals surface area contributed by atoms with E-state index >= 15 is 0 Å². The smallest absolute Gasteiger partial charge is 0.264 e. The molecule has 12 heteroatoms. The summed E-state index contributed by atoms with van der Waals surface area (Å²) in [6.07, 6.45) is 0.641. The lowest BCUT2D eigenvalue weighted by Crippen LogP contribution is -2.52. The quantitative estimate of drug-likeness (QED) is 0.308. The second-order valence-electron chi connectivity index (χ2n) is 9.61. The molecule has 0 bridgehead atoms. The topological polar surface area (TPSA) is 105 Å². The van der Waals surface area contributed by atoms with Gasteiger partial charge in [-0.1, -0.05) is 25.1 Å². The molecular weight excluding hydrogens is 568 g/mol. The van der Waals surface area contributed by atoms with E-state index in [1.54, 1.807) is 13.0 Å². The van der Waals surface area contributed by atoms with Crippen LogP contribution in [0.2, 0.25) is 0 Å². The number of nitrogens with one attached hydrogen (secondary N) is 1. The predicted octanol–water partition coefficient (Wildman–Crippen LogP) is 4.51. The van der Waals surface area contributed by atoms with Crippen LogP contribution >= 0.6 is 0 Å². The minimum absolute atomic E-state index is 0.00193. The lowest BCUT2D eigenvalue weighted by molar-refractivity contribution is -0.139. The van der Waals surface area contributed by atoms with Crippen LogP contribution in [0.25, 0.3) is 0 Å². The Labute approximate surface area is 245 Å². The van der Waals surface area contributed by atoms with E-state index < -0.39 is 46.1 Å². The first kappa shape index (κ1) is 32.3. The molecule has 3 aromatic rings. The molecule has 3 aromatic carbocycles. The number of ether oxygens (including phenoxy) is 2. The molecule has 0 aliphatic rings. The SMILES string of the molecule is CC[C@H](C)NC(=O)[C@H](C)N(Cc1ccccc1F)C(=O)CN(c1ccc(F)cc1)S(=O)(=O)c1ccc(OC)c(OC)c1. The maximum absolute atomic E-state index is 14.6. The Hall–Kier alpha value is -4.19. The second-order valence-corrected chi connectivity index (χ2v) is 11.5. The van der Waals surface area contributed by atoms with Gasteiger partial charge in [0.15, 0.2) is 11.5 Å². The van der Waals surface area contributed by atoms with Crippen LogP contribution in [0.3, 0.4) is 0 Å². The molecule has 0 aromatic heterocycles. The molecule has 2 amide bonds. The minimum atomic E-state index is -4.45. The number of hydrogen-bond acceptors (Lipinski definition) is 6. The highest BCUT2D eigenvalue weighted by Gasteiger charge is 2.33. The van der Waals surface area contributed by atoms with Gasteiger partial charge in [-0.25, -0.2) is 17.2 Å². The second kappa shape index (κ2) is 14.1. The predicted molar refractivity (Wildman–Crippen MR) is 155 cm³/mol. The summed E-state index contributed by atoms with van der Waals surface area (Å²) < 4.78 is 67.7. The Balaban J connectivity index is 2.07. The molecule has 42 heavy (non-hydrogen) atoms. The van der Waals surface area contributed by atoms with Crippen molar-refractivity contribution in [2.24, 2.45) is 0 Å². The van der Waals surface area contributed by atoms with Crippen LogP contribution in [-0.2, 0) is 26.2 Å².